The molecule has 0 radical (unpaired) electrons. The summed E-state index contributed by atoms with van der Waals surface area (Å²) in [7, 11) is -10.2. The van der Waals surface area contributed by atoms with Gasteiger partial charge in [0.05, 0.1) is 0 Å². The molecule has 0 amide bonds. The molecule has 8 nitrogen and oxygen atoms in total. The SMILES string of the molecule is C[Si](C)(c1ccc(OS(N)(=O)=O)cc1)c1ccc(OS(N)(=O)=O)cc1. The molecule has 0 saturated heterocycles. The topological polar surface area (TPSA) is 139 Å². The normalized spacial score (nSPS) is 12.6. The molecule has 0 heterocycles. The van der Waals surface area contributed by atoms with Gasteiger partial charge in [-0.05, 0) is 24.3 Å². The van der Waals surface area contributed by atoms with Gasteiger partial charge in [-0.2, -0.15) is 27.1 Å². The fraction of sp³-hybridized carbons (Fsp3) is 0.143. The van der Waals surface area contributed by atoms with Crippen LogP contribution in [0.4, 0.5) is 0 Å². The van der Waals surface area contributed by atoms with Crippen LogP contribution in [0.15, 0.2) is 48.5 Å². The molecule has 0 aromatic heterocycles. The molecule has 25 heavy (non-hydrogen) atoms. The van der Waals surface area contributed by atoms with Gasteiger partial charge in [-0.25, -0.2) is 0 Å². The Bertz CT molecular complexity index is 876. The number of hydrogen-bond acceptors (Lipinski definition) is 6. The second-order valence-electron chi connectivity index (χ2n) is 5.83. The lowest BCUT2D eigenvalue weighted by Crippen LogP contribution is -2.52. The smallest absolute Gasteiger partial charge is 0.371 e. The second kappa shape index (κ2) is 6.76. The lowest BCUT2D eigenvalue weighted by atomic mass is 10.3. The molecule has 0 fully saturated rings. The first kappa shape index (κ1) is 19.4. The summed E-state index contributed by atoms with van der Waals surface area (Å²) in [6.45, 7) is 4.19. The zero-order valence-electron chi connectivity index (χ0n) is 13.5. The maximum atomic E-state index is 10.9. The summed E-state index contributed by atoms with van der Waals surface area (Å²) in [6.07, 6.45) is 0. The van der Waals surface area contributed by atoms with E-state index in [1.165, 1.54) is 24.3 Å². The minimum Gasteiger partial charge on any atom is -0.371 e. The lowest BCUT2D eigenvalue weighted by Gasteiger charge is -2.24. The van der Waals surface area contributed by atoms with E-state index in [4.69, 9.17) is 10.3 Å². The zero-order valence-corrected chi connectivity index (χ0v) is 16.2. The summed E-state index contributed by atoms with van der Waals surface area (Å²) >= 11 is 0. The summed E-state index contributed by atoms with van der Waals surface area (Å²) in [6, 6.07) is 13.3. The van der Waals surface area contributed by atoms with Crippen molar-refractivity contribution in [2.45, 2.75) is 13.1 Å². The predicted octanol–water partition coefficient (Wildman–Crippen LogP) is -0.326. The fourth-order valence-electron chi connectivity index (χ4n) is 2.29. The molecule has 0 saturated carbocycles. The van der Waals surface area contributed by atoms with Crippen molar-refractivity contribution in [1.29, 1.82) is 0 Å². The van der Waals surface area contributed by atoms with Gasteiger partial charge < -0.3 is 8.37 Å². The van der Waals surface area contributed by atoms with Gasteiger partial charge >= 0.3 is 20.6 Å². The quantitative estimate of drug-likeness (QED) is 0.635. The minimum atomic E-state index is -4.06. The first-order chi connectivity index (χ1) is 11.4. The van der Waals surface area contributed by atoms with Crippen LogP contribution in [0.3, 0.4) is 0 Å². The van der Waals surface area contributed by atoms with Crippen LogP contribution in [0.2, 0.25) is 13.1 Å². The Morgan fingerprint density at radius 2 is 0.960 bits per heavy atom. The van der Waals surface area contributed by atoms with Crippen molar-refractivity contribution in [2.75, 3.05) is 0 Å². The average molecular weight is 403 g/mol. The third-order valence-corrected chi connectivity index (χ3v) is 7.98. The molecule has 0 atom stereocenters. The third kappa shape index (κ3) is 5.54. The highest BCUT2D eigenvalue weighted by Crippen LogP contribution is 2.15. The van der Waals surface area contributed by atoms with Gasteiger partial charge in [0.15, 0.2) is 0 Å². The molecular weight excluding hydrogens is 384 g/mol. The van der Waals surface area contributed by atoms with Gasteiger partial charge in [0.25, 0.3) is 0 Å². The van der Waals surface area contributed by atoms with Gasteiger partial charge in [-0.15, -0.1) is 0 Å². The van der Waals surface area contributed by atoms with E-state index in [0.717, 1.165) is 10.4 Å². The molecule has 0 aliphatic rings. The monoisotopic (exact) mass is 402 g/mol. The Morgan fingerprint density at radius 1 is 0.680 bits per heavy atom. The van der Waals surface area contributed by atoms with Gasteiger partial charge in [0.2, 0.25) is 0 Å². The standard InChI is InChI=1S/C14H18N2O6S2Si/c1-25(2,13-7-3-11(4-8-13)21-23(15,17)18)14-9-5-12(6-10-14)22-24(16,19)20/h3-10H,1-2H3,(H2,15,17,18)(H2,16,19,20). The molecule has 136 valence electrons. The Kier molecular flexibility index (Phi) is 5.25. The van der Waals surface area contributed by atoms with Crippen LogP contribution in [0, 0.1) is 0 Å². The Balaban J connectivity index is 2.25. The van der Waals surface area contributed by atoms with E-state index in [2.05, 4.69) is 21.5 Å². The first-order valence-corrected chi connectivity index (χ1v) is 13.0. The highest BCUT2D eigenvalue weighted by atomic mass is 32.2. The summed E-state index contributed by atoms with van der Waals surface area (Å²) in [5.41, 5.74) is 0. The molecule has 0 aliphatic heterocycles. The van der Waals surface area contributed by atoms with Gasteiger partial charge in [-0.1, -0.05) is 47.7 Å². The van der Waals surface area contributed by atoms with Crippen LogP contribution in [0.5, 0.6) is 11.5 Å². The second-order valence-corrected chi connectivity index (χ2v) is 12.5. The van der Waals surface area contributed by atoms with Gasteiger partial charge in [-0.3, -0.25) is 0 Å². The number of benzene rings is 2. The molecule has 2 rings (SSSR count). The van der Waals surface area contributed by atoms with E-state index in [9.17, 15) is 16.8 Å². The largest absolute Gasteiger partial charge is 0.380 e. The molecule has 4 N–H and O–H groups in total. The van der Waals surface area contributed by atoms with Crippen molar-refractivity contribution in [3.8, 4) is 11.5 Å². The zero-order chi connectivity index (χ0) is 18.9. The van der Waals surface area contributed by atoms with Gasteiger partial charge in [0.1, 0.15) is 19.6 Å². The molecule has 2 aromatic rings. The Morgan fingerprint density at radius 3 is 1.20 bits per heavy atom. The third-order valence-electron chi connectivity index (χ3n) is 3.58. The van der Waals surface area contributed by atoms with Crippen molar-refractivity contribution in [2.24, 2.45) is 10.3 Å². The van der Waals surface area contributed by atoms with Crippen LogP contribution in [-0.2, 0) is 20.6 Å². The van der Waals surface area contributed by atoms with Crippen molar-refractivity contribution in [3.63, 3.8) is 0 Å². The molecule has 0 unspecified atom stereocenters. The summed E-state index contributed by atoms with van der Waals surface area (Å²) in [4.78, 5) is 0. The molecule has 2 aromatic carbocycles. The predicted molar refractivity (Wildman–Crippen MR) is 97.1 cm³/mol. The maximum absolute atomic E-state index is 10.9. The highest BCUT2D eigenvalue weighted by Gasteiger charge is 2.26. The molecule has 0 aliphatic carbocycles. The molecule has 11 heteroatoms. The summed E-state index contributed by atoms with van der Waals surface area (Å²) < 4.78 is 53.0. The van der Waals surface area contributed by atoms with Crippen molar-refractivity contribution in [3.05, 3.63) is 48.5 Å². The van der Waals surface area contributed by atoms with Crippen LogP contribution in [0.25, 0.3) is 0 Å². The van der Waals surface area contributed by atoms with E-state index in [-0.39, 0.29) is 11.5 Å². The summed E-state index contributed by atoms with van der Waals surface area (Å²) in [5.74, 6) is 0.265. The number of nitrogens with two attached hydrogens (primary N) is 2. The van der Waals surface area contributed by atoms with Crippen LogP contribution >= 0.6 is 0 Å². The molecular formula is C14H18N2O6S2Si. The van der Waals surface area contributed by atoms with Crippen LogP contribution in [0.1, 0.15) is 0 Å². The molecule has 0 bridgehead atoms. The van der Waals surface area contributed by atoms with Crippen LogP contribution in [-0.4, -0.2) is 24.9 Å². The first-order valence-electron chi connectivity index (χ1n) is 7.02. The Labute approximate surface area is 147 Å². The fourth-order valence-corrected chi connectivity index (χ4v) is 5.38. The van der Waals surface area contributed by atoms with Crippen molar-refractivity contribution in [1.82, 2.24) is 0 Å². The van der Waals surface area contributed by atoms with E-state index in [1.807, 2.05) is 0 Å². The maximum Gasteiger partial charge on any atom is 0.380 e. The van der Waals surface area contributed by atoms with E-state index < -0.39 is 28.7 Å². The van der Waals surface area contributed by atoms with Crippen molar-refractivity contribution < 1.29 is 25.2 Å². The van der Waals surface area contributed by atoms with E-state index in [0.29, 0.717) is 0 Å². The van der Waals surface area contributed by atoms with Crippen molar-refractivity contribution >= 4 is 39.1 Å². The van der Waals surface area contributed by atoms with E-state index in [1.54, 1.807) is 24.3 Å². The lowest BCUT2D eigenvalue weighted by molar-refractivity contribution is 0.486. The van der Waals surface area contributed by atoms with E-state index >= 15 is 0 Å². The van der Waals surface area contributed by atoms with Gasteiger partial charge in [0, 0.05) is 0 Å². The Hall–Kier alpha value is -1.92. The molecule has 0 spiro atoms. The highest BCUT2D eigenvalue weighted by molar-refractivity contribution is 7.85. The summed E-state index contributed by atoms with van der Waals surface area (Å²) in [5, 5.41) is 11.7. The number of rotatable bonds is 6. The average Bonchev–Trinajstić information content (AvgIpc) is 2.45. The minimum absolute atomic E-state index is 0.132. The number of hydrogen-bond donors (Lipinski definition) is 2. The van der Waals surface area contributed by atoms with Crippen LogP contribution < -0.4 is 29.0 Å².